The van der Waals surface area contributed by atoms with Gasteiger partial charge in [0.25, 0.3) is 0 Å². The summed E-state index contributed by atoms with van der Waals surface area (Å²) in [5.74, 6) is 0.0710. The largest absolute Gasteiger partial charge is 0.354 e. The molecule has 1 heterocycles. The average Bonchev–Trinajstić information content (AvgIpc) is 2.07. The van der Waals surface area contributed by atoms with E-state index in [1.165, 1.54) is 0 Å². The zero-order chi connectivity index (χ0) is 8.48. The molecule has 1 aliphatic heterocycles. The molecule has 1 aliphatic rings. The highest BCUT2D eigenvalue weighted by Crippen LogP contribution is 2.16. The Morgan fingerprint density at radius 2 is 2.09 bits per heavy atom. The topological polar surface area (TPSA) is 63.2 Å². The Kier molecular flexibility index (Phi) is 2.43. The van der Waals surface area contributed by atoms with Gasteiger partial charge in [-0.1, -0.05) is 0 Å². The van der Waals surface area contributed by atoms with Crippen LogP contribution in [0.4, 0.5) is 0 Å². The quantitative estimate of drug-likeness (QED) is 0.431. The Bertz CT molecular complexity index is 248. The molecule has 0 unspecified atom stereocenters. The smallest absolute Gasteiger partial charge is 0.207 e. The van der Waals surface area contributed by atoms with Crippen molar-refractivity contribution >= 4 is 28.9 Å². The first-order valence-corrected chi connectivity index (χ1v) is 5.47. The number of hydrogen-bond donors (Lipinski definition) is 2. The van der Waals surface area contributed by atoms with Gasteiger partial charge in [-0.15, -0.1) is 0 Å². The minimum Gasteiger partial charge on any atom is -0.354 e. The number of hydrogen-bond acceptors (Lipinski definition) is 4. The number of nitrogens with one attached hydrogen (secondary N) is 1. The molecule has 0 saturated carbocycles. The molecule has 1 fully saturated rings. The van der Waals surface area contributed by atoms with E-state index in [0.29, 0.717) is 6.41 Å². The second-order valence-electron chi connectivity index (χ2n) is 2.54. The molecular formula is C5H9NO3S2. The summed E-state index contributed by atoms with van der Waals surface area (Å²) in [5.41, 5.74) is 0. The van der Waals surface area contributed by atoms with Crippen molar-refractivity contribution in [2.24, 2.45) is 0 Å². The third-order valence-corrected chi connectivity index (χ3v) is 4.13. The van der Waals surface area contributed by atoms with Gasteiger partial charge in [-0.25, -0.2) is 8.42 Å². The molecule has 0 radical (unpaired) electrons. The Labute approximate surface area is 70.7 Å². The molecule has 64 valence electrons. The fraction of sp³-hybridized carbons (Fsp3) is 0.800. The van der Waals surface area contributed by atoms with E-state index < -0.39 is 9.84 Å². The molecule has 0 aromatic carbocycles. The molecule has 4 nitrogen and oxygen atoms in total. The van der Waals surface area contributed by atoms with Gasteiger partial charge in [0.05, 0.1) is 17.5 Å². The lowest BCUT2D eigenvalue weighted by molar-refractivity contribution is -0.110. The van der Waals surface area contributed by atoms with Crippen LogP contribution in [0.1, 0.15) is 0 Å². The summed E-state index contributed by atoms with van der Waals surface area (Å²) in [6, 6.07) is -0.319. The molecule has 1 N–H and O–H groups in total. The van der Waals surface area contributed by atoms with Gasteiger partial charge in [0.1, 0.15) is 0 Å². The van der Waals surface area contributed by atoms with Crippen LogP contribution in [0.2, 0.25) is 0 Å². The van der Waals surface area contributed by atoms with Crippen molar-refractivity contribution in [3.8, 4) is 0 Å². The van der Waals surface area contributed by atoms with Crippen molar-refractivity contribution in [3.63, 3.8) is 0 Å². The van der Waals surface area contributed by atoms with Gasteiger partial charge >= 0.3 is 0 Å². The summed E-state index contributed by atoms with van der Waals surface area (Å²) in [7, 11) is -2.96. The Balaban J connectivity index is 2.66. The van der Waals surface area contributed by atoms with Gasteiger partial charge in [-0.3, -0.25) is 4.79 Å². The van der Waals surface area contributed by atoms with E-state index in [1.54, 1.807) is 0 Å². The molecule has 0 aliphatic carbocycles. The lowest BCUT2D eigenvalue weighted by Crippen LogP contribution is -2.35. The van der Waals surface area contributed by atoms with Crippen LogP contribution in [0.25, 0.3) is 0 Å². The van der Waals surface area contributed by atoms with E-state index in [1.807, 2.05) is 0 Å². The second-order valence-corrected chi connectivity index (χ2v) is 5.35. The molecular weight excluding hydrogens is 186 g/mol. The maximum absolute atomic E-state index is 10.9. The van der Waals surface area contributed by atoms with Crippen molar-refractivity contribution in [1.29, 1.82) is 0 Å². The van der Waals surface area contributed by atoms with Gasteiger partial charge < -0.3 is 5.32 Å². The van der Waals surface area contributed by atoms with Crippen molar-refractivity contribution in [1.82, 2.24) is 5.32 Å². The van der Waals surface area contributed by atoms with Crippen LogP contribution in [-0.2, 0) is 14.6 Å². The van der Waals surface area contributed by atoms with Gasteiger partial charge in [0.15, 0.2) is 9.84 Å². The fourth-order valence-corrected chi connectivity index (χ4v) is 3.86. The molecule has 2 atom stereocenters. The van der Waals surface area contributed by atoms with Gasteiger partial charge in [0.2, 0.25) is 6.41 Å². The van der Waals surface area contributed by atoms with Crippen LogP contribution in [0.15, 0.2) is 0 Å². The van der Waals surface area contributed by atoms with Crippen molar-refractivity contribution < 1.29 is 13.2 Å². The third-order valence-electron chi connectivity index (χ3n) is 1.60. The van der Waals surface area contributed by atoms with E-state index in [2.05, 4.69) is 17.9 Å². The van der Waals surface area contributed by atoms with Crippen LogP contribution < -0.4 is 5.32 Å². The minimum absolute atomic E-state index is 0.0138. The van der Waals surface area contributed by atoms with E-state index in [-0.39, 0.29) is 22.8 Å². The second kappa shape index (κ2) is 3.02. The van der Waals surface area contributed by atoms with E-state index in [4.69, 9.17) is 0 Å². The van der Waals surface area contributed by atoms with Crippen LogP contribution >= 0.6 is 12.6 Å². The maximum Gasteiger partial charge on any atom is 0.207 e. The zero-order valence-corrected chi connectivity index (χ0v) is 7.44. The molecule has 1 rings (SSSR count). The zero-order valence-electron chi connectivity index (χ0n) is 5.73. The van der Waals surface area contributed by atoms with Gasteiger partial charge in [0, 0.05) is 5.25 Å². The lowest BCUT2D eigenvalue weighted by Gasteiger charge is -2.09. The average molecular weight is 195 g/mol. The first-order valence-electron chi connectivity index (χ1n) is 3.13. The normalized spacial score (nSPS) is 35.0. The van der Waals surface area contributed by atoms with E-state index >= 15 is 0 Å². The van der Waals surface area contributed by atoms with E-state index in [9.17, 15) is 13.2 Å². The SMILES string of the molecule is O=CN[C@@H]1CS(=O)(=O)C[C@@H]1S. The lowest BCUT2D eigenvalue weighted by atomic mass is 10.3. The van der Waals surface area contributed by atoms with Crippen molar-refractivity contribution in [3.05, 3.63) is 0 Å². The predicted molar refractivity (Wildman–Crippen MR) is 44.4 cm³/mol. The molecule has 6 heteroatoms. The highest BCUT2D eigenvalue weighted by atomic mass is 32.2. The van der Waals surface area contributed by atoms with Crippen LogP contribution in [0.3, 0.4) is 0 Å². The molecule has 1 amide bonds. The number of thiol groups is 1. The summed E-state index contributed by atoms with van der Waals surface area (Å²) in [4.78, 5) is 9.98. The molecule has 0 bridgehead atoms. The number of rotatable bonds is 2. The predicted octanol–water partition coefficient (Wildman–Crippen LogP) is -1.17. The highest BCUT2D eigenvalue weighted by Gasteiger charge is 2.34. The molecule has 0 spiro atoms. The van der Waals surface area contributed by atoms with Gasteiger partial charge in [-0.2, -0.15) is 12.6 Å². The number of carbonyl (C=O) groups is 1. The molecule has 0 aromatic rings. The van der Waals surface area contributed by atoms with Crippen LogP contribution in [-0.4, -0.2) is 37.6 Å². The monoisotopic (exact) mass is 195 g/mol. The minimum atomic E-state index is -2.96. The maximum atomic E-state index is 10.9. The molecule has 11 heavy (non-hydrogen) atoms. The van der Waals surface area contributed by atoms with Crippen LogP contribution in [0.5, 0.6) is 0 Å². The Hall–Kier alpha value is -0.230. The number of sulfone groups is 1. The number of carbonyl (C=O) groups excluding carboxylic acids is 1. The first kappa shape index (κ1) is 8.86. The third kappa shape index (κ3) is 2.10. The van der Waals surface area contributed by atoms with Crippen molar-refractivity contribution in [2.75, 3.05) is 11.5 Å². The molecule has 0 aromatic heterocycles. The first-order chi connectivity index (χ1) is 5.05. The molecule has 1 saturated heterocycles. The highest BCUT2D eigenvalue weighted by molar-refractivity contribution is 7.93. The summed E-state index contributed by atoms with van der Waals surface area (Å²) in [5, 5.41) is 2.15. The number of amides is 1. The Morgan fingerprint density at radius 3 is 2.45 bits per heavy atom. The summed E-state index contributed by atoms with van der Waals surface area (Å²) in [6.45, 7) is 0. The van der Waals surface area contributed by atoms with Gasteiger partial charge in [-0.05, 0) is 0 Å². The van der Waals surface area contributed by atoms with Crippen molar-refractivity contribution in [2.45, 2.75) is 11.3 Å². The van der Waals surface area contributed by atoms with E-state index in [0.717, 1.165) is 0 Å². The summed E-state index contributed by atoms with van der Waals surface area (Å²) in [6.07, 6.45) is 0.509. The standard InChI is InChI=1S/C5H9NO3S2/c7-3-6-4-1-11(8,9)2-5(4)10/h3-5,10H,1-2H2,(H,6,7)/t4-,5+/m1/s1. The van der Waals surface area contributed by atoms with Crippen LogP contribution in [0, 0.1) is 0 Å². The summed E-state index contributed by atoms with van der Waals surface area (Å²) >= 11 is 4.03. The Morgan fingerprint density at radius 1 is 1.45 bits per heavy atom. The summed E-state index contributed by atoms with van der Waals surface area (Å²) < 4.78 is 21.8. The fourth-order valence-electron chi connectivity index (χ4n) is 1.08.